The second kappa shape index (κ2) is 16.5. The number of hydrogen-bond acceptors (Lipinski definition) is 5. The number of nitrogens with zero attached hydrogens (tertiary/aromatic N) is 2. The Bertz CT molecular complexity index is 1030. The Morgan fingerprint density at radius 2 is 1.30 bits per heavy atom. The van der Waals surface area contributed by atoms with E-state index >= 15 is 0 Å². The smallest absolute Gasteiger partial charge is 0.363 e. The van der Waals surface area contributed by atoms with E-state index in [2.05, 4.69) is 23.8 Å². The molecule has 0 aliphatic carbocycles. The molecule has 198 valence electrons. The van der Waals surface area contributed by atoms with Crippen LogP contribution in [0.1, 0.15) is 101 Å². The van der Waals surface area contributed by atoms with Gasteiger partial charge in [-0.3, -0.25) is 4.98 Å². The quantitative estimate of drug-likeness (QED) is 0.105. The summed E-state index contributed by atoms with van der Waals surface area (Å²) in [6.45, 7) is 5.20. The number of aryl methyl sites for hydroxylation is 1. The van der Waals surface area contributed by atoms with Gasteiger partial charge in [-0.1, -0.05) is 83.8 Å². The van der Waals surface area contributed by atoms with Crippen LogP contribution in [0.3, 0.4) is 0 Å². The lowest BCUT2D eigenvalue weighted by atomic mass is 10.1. The average Bonchev–Trinajstić information content (AvgIpc) is 2.94. The monoisotopic (exact) mass is 502 g/mol. The highest BCUT2D eigenvalue weighted by atomic mass is 16.5. The van der Waals surface area contributed by atoms with Crippen LogP contribution >= 0.6 is 0 Å². The van der Waals surface area contributed by atoms with Gasteiger partial charge < -0.3 is 9.47 Å². The fourth-order valence-corrected chi connectivity index (χ4v) is 4.19. The predicted molar refractivity (Wildman–Crippen MR) is 150 cm³/mol. The van der Waals surface area contributed by atoms with Gasteiger partial charge >= 0.3 is 5.97 Å². The van der Waals surface area contributed by atoms with Crippen LogP contribution in [0.2, 0.25) is 0 Å². The zero-order valence-corrected chi connectivity index (χ0v) is 22.6. The first kappa shape index (κ1) is 28.4. The van der Waals surface area contributed by atoms with Gasteiger partial charge in [-0.05, 0) is 61.2 Å². The van der Waals surface area contributed by atoms with Gasteiger partial charge in [0.15, 0.2) is 5.69 Å². The van der Waals surface area contributed by atoms with Gasteiger partial charge in [0.05, 0.1) is 24.7 Å². The van der Waals surface area contributed by atoms with Crippen molar-refractivity contribution in [1.82, 2.24) is 9.97 Å². The van der Waals surface area contributed by atoms with E-state index in [4.69, 9.17) is 9.47 Å². The average molecular weight is 503 g/mol. The molecule has 3 aromatic rings. The van der Waals surface area contributed by atoms with Crippen LogP contribution in [0.5, 0.6) is 11.5 Å². The van der Waals surface area contributed by atoms with E-state index in [1.807, 2.05) is 48.5 Å². The number of benzene rings is 2. The Morgan fingerprint density at radius 1 is 0.676 bits per heavy atom. The molecule has 0 aliphatic rings. The maximum absolute atomic E-state index is 12.5. The van der Waals surface area contributed by atoms with Gasteiger partial charge in [-0.2, -0.15) is 0 Å². The Hall–Kier alpha value is -3.21. The topological polar surface area (TPSA) is 61.3 Å². The van der Waals surface area contributed by atoms with Crippen molar-refractivity contribution in [2.45, 2.75) is 90.9 Å². The van der Waals surface area contributed by atoms with E-state index in [1.165, 1.54) is 76.0 Å². The molecule has 1 heterocycles. The molecule has 0 radical (unpaired) electrons. The minimum atomic E-state index is -0.510. The fraction of sp³-hybridized carbons (Fsp3) is 0.469. The Balaban J connectivity index is 1.42. The van der Waals surface area contributed by atoms with Gasteiger partial charge in [-0.15, -0.1) is 0 Å². The number of aromatic nitrogens is 2. The molecular formula is C32H42N2O3. The summed E-state index contributed by atoms with van der Waals surface area (Å²) in [5.41, 5.74) is 3.06. The largest absolute Gasteiger partial charge is 0.494 e. The van der Waals surface area contributed by atoms with E-state index in [1.54, 1.807) is 6.20 Å². The van der Waals surface area contributed by atoms with Crippen LogP contribution < -0.4 is 9.47 Å². The van der Waals surface area contributed by atoms with Gasteiger partial charge in [0.2, 0.25) is 0 Å². The van der Waals surface area contributed by atoms with Crippen LogP contribution in [-0.2, 0) is 6.42 Å². The highest BCUT2D eigenvalue weighted by molar-refractivity contribution is 5.88. The zero-order valence-electron chi connectivity index (χ0n) is 22.6. The first-order chi connectivity index (χ1) is 18.2. The van der Waals surface area contributed by atoms with Gasteiger partial charge in [0.1, 0.15) is 11.5 Å². The molecule has 0 N–H and O–H groups in total. The van der Waals surface area contributed by atoms with Crippen LogP contribution in [0.25, 0.3) is 11.3 Å². The van der Waals surface area contributed by atoms with Gasteiger partial charge in [0, 0.05) is 5.56 Å². The summed E-state index contributed by atoms with van der Waals surface area (Å²) in [7, 11) is 0. The van der Waals surface area contributed by atoms with Crippen molar-refractivity contribution < 1.29 is 14.3 Å². The second-order valence-electron chi connectivity index (χ2n) is 9.63. The van der Waals surface area contributed by atoms with E-state index in [0.29, 0.717) is 11.4 Å². The third kappa shape index (κ3) is 10.4. The molecule has 0 saturated heterocycles. The summed E-state index contributed by atoms with van der Waals surface area (Å²) in [6, 6.07) is 15.6. The molecule has 0 aliphatic heterocycles. The van der Waals surface area contributed by atoms with Crippen molar-refractivity contribution in [2.24, 2.45) is 0 Å². The predicted octanol–water partition coefficient (Wildman–Crippen LogP) is 8.62. The zero-order chi connectivity index (χ0) is 26.1. The highest BCUT2D eigenvalue weighted by Crippen LogP contribution is 2.21. The summed E-state index contributed by atoms with van der Waals surface area (Å²) < 4.78 is 11.4. The summed E-state index contributed by atoms with van der Waals surface area (Å²) in [4.78, 5) is 21.2. The van der Waals surface area contributed by atoms with Gasteiger partial charge in [-0.25, -0.2) is 9.78 Å². The molecule has 1 aromatic heterocycles. The third-order valence-electron chi connectivity index (χ3n) is 6.48. The molecule has 0 bridgehead atoms. The molecule has 0 atom stereocenters. The van der Waals surface area contributed by atoms with E-state index in [-0.39, 0.29) is 5.69 Å². The summed E-state index contributed by atoms with van der Waals surface area (Å²) in [5.74, 6) is 0.860. The van der Waals surface area contributed by atoms with Crippen LogP contribution in [0, 0.1) is 0 Å². The lowest BCUT2D eigenvalue weighted by molar-refractivity contribution is 0.0728. The molecule has 0 amide bonds. The Kier molecular flexibility index (Phi) is 12.7. The number of rotatable bonds is 17. The number of carbonyl (C=O) groups excluding carboxylic acids is 1. The normalized spacial score (nSPS) is 10.9. The standard InChI is InChI=1S/C32H42N2O3/c1-3-5-7-9-10-11-13-23-36-28-21-17-27(18-22-28)30-24-34-31(25-33-30)32(35)37-29-19-15-26(16-20-29)14-12-8-6-4-2/h15-22,24-25H,3-14,23H2,1-2H3. The second-order valence-corrected chi connectivity index (χ2v) is 9.63. The molecule has 5 heteroatoms. The molecular weight excluding hydrogens is 460 g/mol. The summed E-state index contributed by atoms with van der Waals surface area (Å²) in [6.07, 6.45) is 17.9. The number of hydrogen-bond donors (Lipinski definition) is 0. The summed E-state index contributed by atoms with van der Waals surface area (Å²) in [5, 5.41) is 0. The van der Waals surface area contributed by atoms with E-state index < -0.39 is 5.97 Å². The third-order valence-corrected chi connectivity index (χ3v) is 6.48. The SMILES string of the molecule is CCCCCCCCCOc1ccc(-c2cnc(C(=O)Oc3ccc(CCCCCC)cc3)cn2)cc1. The lowest BCUT2D eigenvalue weighted by Crippen LogP contribution is -2.11. The molecule has 2 aromatic carbocycles. The number of unbranched alkanes of at least 4 members (excludes halogenated alkanes) is 9. The van der Waals surface area contributed by atoms with Crippen molar-refractivity contribution in [3.8, 4) is 22.8 Å². The number of carbonyl (C=O) groups is 1. The molecule has 0 spiro atoms. The number of ether oxygens (including phenoxy) is 2. The van der Waals surface area contributed by atoms with Crippen molar-refractivity contribution >= 4 is 5.97 Å². The Morgan fingerprint density at radius 3 is 1.95 bits per heavy atom. The van der Waals surface area contributed by atoms with Crippen molar-refractivity contribution in [1.29, 1.82) is 0 Å². The molecule has 0 saturated carbocycles. The fourth-order valence-electron chi connectivity index (χ4n) is 4.19. The maximum atomic E-state index is 12.5. The molecule has 0 fully saturated rings. The van der Waals surface area contributed by atoms with E-state index in [0.717, 1.165) is 30.8 Å². The molecule has 5 nitrogen and oxygen atoms in total. The first-order valence-corrected chi connectivity index (χ1v) is 14.1. The van der Waals surface area contributed by atoms with Crippen LogP contribution in [-0.4, -0.2) is 22.5 Å². The summed E-state index contributed by atoms with van der Waals surface area (Å²) >= 11 is 0. The van der Waals surface area contributed by atoms with Crippen molar-refractivity contribution in [3.63, 3.8) is 0 Å². The maximum Gasteiger partial charge on any atom is 0.363 e. The molecule has 0 unspecified atom stereocenters. The van der Waals surface area contributed by atoms with Crippen molar-refractivity contribution in [2.75, 3.05) is 6.61 Å². The minimum Gasteiger partial charge on any atom is -0.494 e. The van der Waals surface area contributed by atoms with Crippen LogP contribution in [0.4, 0.5) is 0 Å². The minimum absolute atomic E-state index is 0.182. The molecule has 3 rings (SSSR count). The molecule has 37 heavy (non-hydrogen) atoms. The Labute approximate surface area is 222 Å². The number of esters is 1. The van der Waals surface area contributed by atoms with Gasteiger partial charge in [0.25, 0.3) is 0 Å². The lowest BCUT2D eigenvalue weighted by Gasteiger charge is -2.08. The van der Waals surface area contributed by atoms with E-state index in [9.17, 15) is 4.79 Å². The first-order valence-electron chi connectivity index (χ1n) is 14.1. The van der Waals surface area contributed by atoms with Crippen LogP contribution in [0.15, 0.2) is 60.9 Å². The highest BCUT2D eigenvalue weighted by Gasteiger charge is 2.12. The van der Waals surface area contributed by atoms with Crippen molar-refractivity contribution in [3.05, 3.63) is 72.2 Å².